The minimum absolute atomic E-state index is 0.245. The number of aromatic nitrogens is 3. The maximum absolute atomic E-state index is 13.9. The lowest BCUT2D eigenvalue weighted by Crippen LogP contribution is -2.30. The van der Waals surface area contributed by atoms with Crippen LogP contribution in [0, 0.1) is 25.5 Å². The molecule has 0 spiro atoms. The molecule has 28 heavy (non-hydrogen) atoms. The van der Waals surface area contributed by atoms with E-state index in [1.807, 2.05) is 24.8 Å². The molecular formula is C20H21F2N5O. The van der Waals surface area contributed by atoms with E-state index in [1.165, 1.54) is 6.20 Å². The van der Waals surface area contributed by atoms with E-state index >= 15 is 0 Å². The lowest BCUT2D eigenvalue weighted by Gasteiger charge is -2.30. The van der Waals surface area contributed by atoms with E-state index in [4.69, 9.17) is 0 Å². The summed E-state index contributed by atoms with van der Waals surface area (Å²) in [5.41, 5.74) is 3.06. The summed E-state index contributed by atoms with van der Waals surface area (Å²) in [7, 11) is 0. The minimum Gasteiger partial charge on any atom is -0.370 e. The molecule has 3 heterocycles. The summed E-state index contributed by atoms with van der Waals surface area (Å²) in [6, 6.07) is 4.05. The summed E-state index contributed by atoms with van der Waals surface area (Å²) in [6.45, 7) is 5.20. The highest BCUT2D eigenvalue weighted by atomic mass is 19.2. The molecule has 0 saturated carbocycles. The van der Waals surface area contributed by atoms with Crippen LogP contribution in [0.2, 0.25) is 0 Å². The zero-order valence-electron chi connectivity index (χ0n) is 15.8. The Morgan fingerprint density at radius 1 is 1.07 bits per heavy atom. The molecule has 0 unspecified atom stereocenters. The molecule has 0 atom stereocenters. The molecule has 2 aromatic heterocycles. The SMILES string of the molecule is Cc1cc(C)n2ncc(C(=O)Nc3cc(F)c(F)cc3N3CCCCC3)c2n1. The Hall–Kier alpha value is -3.03. The van der Waals surface area contributed by atoms with Gasteiger partial charge >= 0.3 is 0 Å². The van der Waals surface area contributed by atoms with E-state index in [0.29, 0.717) is 11.3 Å². The van der Waals surface area contributed by atoms with Crippen molar-refractivity contribution in [1.29, 1.82) is 0 Å². The molecule has 1 aromatic carbocycles. The molecule has 1 fully saturated rings. The summed E-state index contributed by atoms with van der Waals surface area (Å²) < 4.78 is 29.4. The first-order valence-corrected chi connectivity index (χ1v) is 9.31. The molecule has 4 rings (SSSR count). The molecule has 0 radical (unpaired) electrons. The highest BCUT2D eigenvalue weighted by Crippen LogP contribution is 2.31. The van der Waals surface area contributed by atoms with Crippen LogP contribution in [-0.2, 0) is 0 Å². The average molecular weight is 385 g/mol. The first-order chi connectivity index (χ1) is 13.4. The van der Waals surface area contributed by atoms with Crippen molar-refractivity contribution in [3.8, 4) is 0 Å². The highest BCUT2D eigenvalue weighted by Gasteiger charge is 2.21. The van der Waals surface area contributed by atoms with Crippen molar-refractivity contribution < 1.29 is 13.6 Å². The van der Waals surface area contributed by atoms with E-state index in [-0.39, 0.29) is 11.3 Å². The van der Waals surface area contributed by atoms with Crippen LogP contribution < -0.4 is 10.2 Å². The number of carbonyl (C=O) groups is 1. The van der Waals surface area contributed by atoms with Gasteiger partial charge in [-0.2, -0.15) is 5.10 Å². The van der Waals surface area contributed by atoms with Gasteiger partial charge in [0.1, 0.15) is 5.56 Å². The Labute approximate surface area is 161 Å². The molecule has 0 bridgehead atoms. The largest absolute Gasteiger partial charge is 0.370 e. The van der Waals surface area contributed by atoms with E-state index in [1.54, 1.807) is 4.52 Å². The smallest absolute Gasteiger partial charge is 0.261 e. The Bertz CT molecular complexity index is 1060. The number of hydrogen-bond donors (Lipinski definition) is 1. The van der Waals surface area contributed by atoms with Gasteiger partial charge in [0.05, 0.1) is 17.6 Å². The summed E-state index contributed by atoms with van der Waals surface area (Å²) >= 11 is 0. The summed E-state index contributed by atoms with van der Waals surface area (Å²) in [5.74, 6) is -2.39. The van der Waals surface area contributed by atoms with Gasteiger partial charge in [0.15, 0.2) is 17.3 Å². The average Bonchev–Trinajstić information content (AvgIpc) is 3.09. The van der Waals surface area contributed by atoms with E-state index in [9.17, 15) is 13.6 Å². The van der Waals surface area contributed by atoms with Crippen molar-refractivity contribution in [3.63, 3.8) is 0 Å². The van der Waals surface area contributed by atoms with Crippen LogP contribution in [0.4, 0.5) is 20.2 Å². The van der Waals surface area contributed by atoms with Gasteiger partial charge in [-0.3, -0.25) is 4.79 Å². The molecule has 1 aliphatic rings. The van der Waals surface area contributed by atoms with Crippen molar-refractivity contribution in [2.24, 2.45) is 0 Å². The molecule has 0 aliphatic carbocycles. The zero-order valence-corrected chi connectivity index (χ0v) is 15.8. The van der Waals surface area contributed by atoms with Crippen LogP contribution in [0.5, 0.6) is 0 Å². The number of aryl methyl sites for hydroxylation is 2. The lowest BCUT2D eigenvalue weighted by atomic mass is 10.1. The van der Waals surface area contributed by atoms with Crippen molar-refractivity contribution >= 4 is 22.9 Å². The minimum atomic E-state index is -0.999. The standard InChI is InChI=1S/C20H21F2N5O/c1-12-8-13(2)27-19(24-12)14(11-23-27)20(28)25-17-9-15(21)16(22)10-18(17)26-6-4-3-5-7-26/h8-11H,3-7H2,1-2H3,(H,25,28). The highest BCUT2D eigenvalue weighted by molar-refractivity contribution is 6.09. The second kappa shape index (κ2) is 7.18. The van der Waals surface area contributed by atoms with Gasteiger partial charge in [0.2, 0.25) is 0 Å². The number of amides is 1. The molecule has 3 aromatic rings. The van der Waals surface area contributed by atoms with Crippen LogP contribution in [0.15, 0.2) is 24.4 Å². The zero-order chi connectivity index (χ0) is 19.8. The van der Waals surface area contributed by atoms with Gasteiger partial charge in [-0.15, -0.1) is 0 Å². The maximum Gasteiger partial charge on any atom is 0.261 e. The second-order valence-electron chi connectivity index (χ2n) is 7.12. The first-order valence-electron chi connectivity index (χ1n) is 9.31. The molecule has 146 valence electrons. The number of nitrogens with zero attached hydrogens (tertiary/aromatic N) is 4. The van der Waals surface area contributed by atoms with Crippen LogP contribution in [0.1, 0.15) is 41.0 Å². The molecule has 6 nitrogen and oxygen atoms in total. The molecule has 1 aliphatic heterocycles. The van der Waals surface area contributed by atoms with Gasteiger partial charge in [0, 0.05) is 36.6 Å². The number of carbonyl (C=O) groups excluding carboxylic acids is 1. The fraction of sp³-hybridized carbons (Fsp3) is 0.350. The van der Waals surface area contributed by atoms with E-state index in [0.717, 1.165) is 55.9 Å². The number of piperidine rings is 1. The van der Waals surface area contributed by atoms with Gasteiger partial charge < -0.3 is 10.2 Å². The Balaban J connectivity index is 1.71. The molecule has 8 heteroatoms. The normalized spacial score (nSPS) is 14.5. The van der Waals surface area contributed by atoms with Crippen LogP contribution in [0.25, 0.3) is 5.65 Å². The Morgan fingerprint density at radius 3 is 2.54 bits per heavy atom. The van der Waals surface area contributed by atoms with E-state index < -0.39 is 17.5 Å². The maximum atomic E-state index is 13.9. The summed E-state index contributed by atoms with van der Waals surface area (Å²) in [4.78, 5) is 19.3. The van der Waals surface area contributed by atoms with Crippen molar-refractivity contribution in [1.82, 2.24) is 14.6 Å². The molecule has 1 saturated heterocycles. The molecule has 1 amide bonds. The lowest BCUT2D eigenvalue weighted by molar-refractivity contribution is 0.102. The quantitative estimate of drug-likeness (QED) is 0.744. The fourth-order valence-corrected chi connectivity index (χ4v) is 3.65. The Morgan fingerprint density at radius 2 is 1.79 bits per heavy atom. The Kier molecular flexibility index (Phi) is 4.70. The third kappa shape index (κ3) is 3.30. The monoisotopic (exact) mass is 385 g/mol. The third-order valence-electron chi connectivity index (χ3n) is 5.01. The number of nitrogens with one attached hydrogen (secondary N) is 1. The van der Waals surface area contributed by atoms with Crippen molar-refractivity contribution in [3.05, 3.63) is 53.0 Å². The number of benzene rings is 1. The number of hydrogen-bond acceptors (Lipinski definition) is 4. The van der Waals surface area contributed by atoms with Crippen molar-refractivity contribution in [2.75, 3.05) is 23.3 Å². The predicted octanol–water partition coefficient (Wildman–Crippen LogP) is 3.87. The number of halogens is 2. The summed E-state index contributed by atoms with van der Waals surface area (Å²) in [5, 5.41) is 6.94. The van der Waals surface area contributed by atoms with Crippen LogP contribution in [0.3, 0.4) is 0 Å². The number of rotatable bonds is 3. The predicted molar refractivity (Wildman–Crippen MR) is 103 cm³/mol. The fourth-order valence-electron chi connectivity index (χ4n) is 3.65. The third-order valence-corrected chi connectivity index (χ3v) is 5.01. The molecule has 1 N–H and O–H groups in total. The number of anilines is 2. The first kappa shape index (κ1) is 18.3. The van der Waals surface area contributed by atoms with Gasteiger partial charge in [-0.1, -0.05) is 0 Å². The van der Waals surface area contributed by atoms with Crippen molar-refractivity contribution in [2.45, 2.75) is 33.1 Å². The summed E-state index contributed by atoms with van der Waals surface area (Å²) in [6.07, 6.45) is 4.49. The second-order valence-corrected chi connectivity index (χ2v) is 7.12. The number of fused-ring (bicyclic) bond motifs is 1. The molecular weight excluding hydrogens is 364 g/mol. The van der Waals surface area contributed by atoms with Gasteiger partial charge in [0.25, 0.3) is 5.91 Å². The van der Waals surface area contributed by atoms with Gasteiger partial charge in [-0.05, 0) is 39.2 Å². The van der Waals surface area contributed by atoms with Crippen LogP contribution in [-0.4, -0.2) is 33.6 Å². The van der Waals surface area contributed by atoms with Gasteiger partial charge in [-0.25, -0.2) is 18.3 Å². The van der Waals surface area contributed by atoms with Crippen LogP contribution >= 0.6 is 0 Å². The van der Waals surface area contributed by atoms with E-state index in [2.05, 4.69) is 15.4 Å². The topological polar surface area (TPSA) is 62.5 Å².